The lowest BCUT2D eigenvalue weighted by molar-refractivity contribution is -0.142. The number of hydrogen-bond acceptors (Lipinski definition) is 8. The molecule has 14 nitrogen and oxygen atoms in total. The molecule has 10 N–H and O–H groups in total. The third-order valence-electron chi connectivity index (χ3n) is 8.57. The van der Waals surface area contributed by atoms with E-state index in [1.807, 2.05) is 24.3 Å². The van der Waals surface area contributed by atoms with Gasteiger partial charge in [0.25, 0.3) is 0 Å². The van der Waals surface area contributed by atoms with Crippen molar-refractivity contribution in [1.82, 2.24) is 26.3 Å². The molecule has 0 aliphatic heterocycles. The average Bonchev–Trinajstić information content (AvgIpc) is 3.51. The molecule has 1 heterocycles. The van der Waals surface area contributed by atoms with Crippen LogP contribution in [0.2, 0.25) is 0 Å². The van der Waals surface area contributed by atoms with Gasteiger partial charge in [-0.2, -0.15) is 0 Å². The number of aromatic amines is 1. The Morgan fingerprint density at radius 3 is 2.00 bits per heavy atom. The summed E-state index contributed by atoms with van der Waals surface area (Å²) in [5, 5.41) is 40.7. The fourth-order valence-corrected chi connectivity index (χ4v) is 5.68. The maximum absolute atomic E-state index is 14.0. The van der Waals surface area contributed by atoms with Crippen LogP contribution in [-0.4, -0.2) is 87.2 Å². The number of benzene rings is 2. The number of rotatable bonds is 22. The molecule has 4 amide bonds. The summed E-state index contributed by atoms with van der Waals surface area (Å²) in [6.45, 7) is 3.76. The number of aromatic hydroxyl groups is 1. The van der Waals surface area contributed by atoms with Crippen LogP contribution in [0.3, 0.4) is 0 Å². The van der Waals surface area contributed by atoms with E-state index in [-0.39, 0.29) is 38.0 Å². The Morgan fingerprint density at radius 2 is 1.37 bits per heavy atom. The highest BCUT2D eigenvalue weighted by atomic mass is 16.4. The van der Waals surface area contributed by atoms with Gasteiger partial charge in [-0.15, -0.1) is 0 Å². The molecule has 0 fully saturated rings. The van der Waals surface area contributed by atoms with Crippen LogP contribution in [0.15, 0.2) is 54.7 Å². The Hall–Kier alpha value is -4.95. The molecule has 51 heavy (non-hydrogen) atoms. The van der Waals surface area contributed by atoms with Crippen molar-refractivity contribution in [1.29, 1.82) is 0 Å². The minimum absolute atomic E-state index is 0.00543. The van der Waals surface area contributed by atoms with Crippen molar-refractivity contribution < 1.29 is 39.3 Å². The molecule has 0 aliphatic rings. The van der Waals surface area contributed by atoms with Crippen molar-refractivity contribution in [3.8, 4) is 5.75 Å². The van der Waals surface area contributed by atoms with E-state index in [1.54, 1.807) is 18.3 Å². The summed E-state index contributed by atoms with van der Waals surface area (Å²) < 4.78 is 0. The van der Waals surface area contributed by atoms with Gasteiger partial charge < -0.3 is 47.3 Å². The third-order valence-corrected chi connectivity index (χ3v) is 8.57. The number of carbonyl (C=O) groups excluding carboxylic acids is 4. The molecule has 0 saturated carbocycles. The van der Waals surface area contributed by atoms with Crippen LogP contribution < -0.4 is 27.0 Å². The van der Waals surface area contributed by atoms with E-state index in [9.17, 15) is 39.3 Å². The van der Waals surface area contributed by atoms with E-state index in [0.717, 1.165) is 30.2 Å². The number of para-hydroxylation sites is 1. The molecule has 0 spiro atoms. The molecular weight excluding hydrogens is 656 g/mol. The van der Waals surface area contributed by atoms with Crippen LogP contribution in [0.1, 0.15) is 69.9 Å². The van der Waals surface area contributed by atoms with Gasteiger partial charge in [0.2, 0.25) is 23.6 Å². The number of aliphatic hydroxyl groups excluding tert-OH is 1. The van der Waals surface area contributed by atoms with E-state index in [1.165, 1.54) is 12.1 Å². The number of carboxylic acids is 1. The smallest absolute Gasteiger partial charge is 0.326 e. The van der Waals surface area contributed by atoms with Gasteiger partial charge in [-0.3, -0.25) is 19.2 Å². The standard InChI is InChI=1S/C37H52N6O8/c1-23(2)9-4-3-5-13-33(46)40-32(22-44)36(49)42-30(19-24-14-16-26(45)17-15-24)34(47)43-31(35(48)41-29(37(50)51)12-8-18-38)20-25-21-39-28-11-7-6-10-27(25)28/h6-7,10-11,14-17,21,23,29-32,39,44-45H,3-5,8-9,12-13,18-20,22,38H2,1-2H3,(H,40,46)(H,41,48)(H,42,49)(H,43,47)(H,50,51)/t29-,30-,31-,32-/m1/s1. The van der Waals surface area contributed by atoms with Crippen LogP contribution in [0.4, 0.5) is 0 Å². The zero-order valence-electron chi connectivity index (χ0n) is 29.3. The molecule has 0 saturated heterocycles. The summed E-state index contributed by atoms with van der Waals surface area (Å²) in [4.78, 5) is 68.8. The molecule has 278 valence electrons. The molecule has 3 rings (SSSR count). The average molecular weight is 709 g/mol. The van der Waals surface area contributed by atoms with Crippen molar-refractivity contribution in [2.24, 2.45) is 11.7 Å². The molecule has 3 aromatic rings. The van der Waals surface area contributed by atoms with E-state index in [4.69, 9.17) is 5.73 Å². The lowest BCUT2D eigenvalue weighted by atomic mass is 10.0. The van der Waals surface area contributed by atoms with Crippen molar-refractivity contribution in [2.75, 3.05) is 13.2 Å². The van der Waals surface area contributed by atoms with Gasteiger partial charge in [0.15, 0.2) is 0 Å². The topological polar surface area (TPSA) is 236 Å². The summed E-state index contributed by atoms with van der Waals surface area (Å²) in [6.07, 6.45) is 5.71. The number of aliphatic carboxylic acids is 1. The summed E-state index contributed by atoms with van der Waals surface area (Å²) in [7, 11) is 0. The number of H-pyrrole nitrogens is 1. The Balaban J connectivity index is 1.83. The van der Waals surface area contributed by atoms with Gasteiger partial charge in [0.05, 0.1) is 6.61 Å². The number of fused-ring (bicyclic) bond motifs is 1. The molecular formula is C37H52N6O8. The third kappa shape index (κ3) is 13.4. The zero-order chi connectivity index (χ0) is 37.3. The maximum atomic E-state index is 14.0. The molecule has 0 unspecified atom stereocenters. The van der Waals surface area contributed by atoms with Crippen LogP contribution in [0.5, 0.6) is 5.75 Å². The summed E-state index contributed by atoms with van der Waals surface area (Å²) >= 11 is 0. The minimum atomic E-state index is -1.34. The highest BCUT2D eigenvalue weighted by Crippen LogP contribution is 2.20. The molecule has 0 radical (unpaired) electrons. The maximum Gasteiger partial charge on any atom is 0.326 e. The zero-order valence-corrected chi connectivity index (χ0v) is 29.3. The second-order valence-electron chi connectivity index (χ2n) is 13.2. The van der Waals surface area contributed by atoms with Gasteiger partial charge in [-0.25, -0.2) is 4.79 Å². The van der Waals surface area contributed by atoms with E-state index in [2.05, 4.69) is 40.1 Å². The van der Waals surface area contributed by atoms with E-state index < -0.39 is 60.4 Å². The van der Waals surface area contributed by atoms with Gasteiger partial charge in [0, 0.05) is 36.4 Å². The van der Waals surface area contributed by atoms with Crippen molar-refractivity contribution in [2.45, 2.75) is 95.8 Å². The van der Waals surface area contributed by atoms with Crippen LogP contribution in [-0.2, 0) is 36.8 Å². The van der Waals surface area contributed by atoms with Gasteiger partial charge in [-0.1, -0.05) is 63.4 Å². The van der Waals surface area contributed by atoms with Crippen LogP contribution in [0.25, 0.3) is 10.9 Å². The number of hydrogen-bond donors (Lipinski definition) is 9. The van der Waals surface area contributed by atoms with Gasteiger partial charge in [-0.05, 0) is 61.1 Å². The number of phenols is 1. The SMILES string of the molecule is CC(C)CCCCCC(=O)N[C@H](CO)C(=O)N[C@H](Cc1ccc(O)cc1)C(=O)N[C@H](Cc1c[nH]c2ccccc12)C(=O)N[C@H](CCCN)C(=O)O. The number of aliphatic hydroxyl groups is 1. The Labute approximate surface area is 298 Å². The normalized spacial score (nSPS) is 13.6. The molecule has 2 aromatic carbocycles. The van der Waals surface area contributed by atoms with Crippen LogP contribution >= 0.6 is 0 Å². The van der Waals surface area contributed by atoms with E-state index >= 15 is 0 Å². The predicted molar refractivity (Wildman–Crippen MR) is 192 cm³/mol. The quantitative estimate of drug-likeness (QED) is 0.0694. The molecule has 0 bridgehead atoms. The van der Waals surface area contributed by atoms with Crippen molar-refractivity contribution >= 4 is 40.5 Å². The summed E-state index contributed by atoms with van der Waals surface area (Å²) in [5.41, 5.74) is 7.61. The van der Waals surface area contributed by atoms with Gasteiger partial charge in [0.1, 0.15) is 29.9 Å². The number of carbonyl (C=O) groups is 5. The minimum Gasteiger partial charge on any atom is -0.508 e. The summed E-state index contributed by atoms with van der Waals surface area (Å²) in [6, 6.07) is 8.20. The second kappa shape index (κ2) is 20.7. The Kier molecular flexibility index (Phi) is 16.4. The first-order valence-corrected chi connectivity index (χ1v) is 17.5. The fraction of sp³-hybridized carbons (Fsp3) is 0.486. The second-order valence-corrected chi connectivity index (χ2v) is 13.2. The van der Waals surface area contributed by atoms with Crippen LogP contribution in [0, 0.1) is 5.92 Å². The monoisotopic (exact) mass is 708 g/mol. The van der Waals surface area contributed by atoms with Gasteiger partial charge >= 0.3 is 5.97 Å². The number of nitrogens with one attached hydrogen (secondary N) is 5. The number of amides is 4. The van der Waals surface area contributed by atoms with E-state index in [0.29, 0.717) is 29.9 Å². The number of unbranched alkanes of at least 4 members (excludes halogenated alkanes) is 2. The first-order valence-electron chi connectivity index (χ1n) is 17.5. The van der Waals surface area contributed by atoms with Crippen molar-refractivity contribution in [3.05, 3.63) is 65.9 Å². The largest absolute Gasteiger partial charge is 0.508 e. The first kappa shape index (κ1) is 40.5. The van der Waals surface area contributed by atoms with Crippen molar-refractivity contribution in [3.63, 3.8) is 0 Å². The fourth-order valence-electron chi connectivity index (χ4n) is 5.68. The highest BCUT2D eigenvalue weighted by molar-refractivity contribution is 5.95. The number of phenolic OH excluding ortho intramolecular Hbond substituents is 1. The Morgan fingerprint density at radius 1 is 0.745 bits per heavy atom. The first-order chi connectivity index (χ1) is 24.4. The Bertz CT molecular complexity index is 1590. The lowest BCUT2D eigenvalue weighted by Gasteiger charge is -2.26. The molecule has 14 heteroatoms. The molecule has 4 atom stereocenters. The molecule has 1 aromatic heterocycles. The number of nitrogens with two attached hydrogens (primary N) is 1. The highest BCUT2D eigenvalue weighted by Gasteiger charge is 2.32. The number of carboxylic acid groups (broad SMARTS) is 1. The summed E-state index contributed by atoms with van der Waals surface area (Å²) in [5.74, 6) is -3.43. The lowest BCUT2D eigenvalue weighted by Crippen LogP contribution is -2.59. The predicted octanol–water partition coefficient (Wildman–Crippen LogP) is 2.02. The molecule has 0 aliphatic carbocycles. The number of aromatic nitrogens is 1.